The smallest absolute Gasteiger partial charge is 0.101 e. The van der Waals surface area contributed by atoms with Crippen molar-refractivity contribution in [1.29, 1.82) is 0 Å². The second-order valence-corrected chi connectivity index (χ2v) is 6.86. The molecule has 3 heteroatoms. The molecule has 110 valence electrons. The van der Waals surface area contributed by atoms with Crippen LogP contribution in [0.5, 0.6) is 0 Å². The molecule has 0 aliphatic heterocycles. The van der Waals surface area contributed by atoms with Gasteiger partial charge in [-0.25, -0.2) is 4.98 Å². The number of thioether (sulfide) groups is 1. The predicted molar refractivity (Wildman–Crippen MR) is 89.6 cm³/mol. The van der Waals surface area contributed by atoms with Crippen molar-refractivity contribution in [3.8, 4) is 0 Å². The van der Waals surface area contributed by atoms with Gasteiger partial charge in [0.25, 0.3) is 0 Å². The average molecular weight is 298 g/mol. The summed E-state index contributed by atoms with van der Waals surface area (Å²) in [5, 5.41) is 1.12. The van der Waals surface area contributed by atoms with Crippen LogP contribution < -0.4 is 5.73 Å². The molecule has 3 rings (SSSR count). The first-order valence-electron chi connectivity index (χ1n) is 7.57. The van der Waals surface area contributed by atoms with Crippen LogP contribution in [0.2, 0.25) is 0 Å². The first-order chi connectivity index (χ1) is 10.2. The summed E-state index contributed by atoms with van der Waals surface area (Å²) in [6.07, 6.45) is 3.52. The van der Waals surface area contributed by atoms with Gasteiger partial charge in [0, 0.05) is 18.0 Å². The number of aryl methyl sites for hydroxylation is 4. The average Bonchev–Trinajstić information content (AvgIpc) is 2.90. The Labute approximate surface area is 131 Å². The van der Waals surface area contributed by atoms with Gasteiger partial charge in [-0.15, -0.1) is 11.8 Å². The molecule has 0 radical (unpaired) electrons. The molecule has 0 amide bonds. The standard InChI is InChI=1S/C18H22N2S/c1-12-6-13(2)8-14(7-12)11-21-18-16(10-19)9-15-4-3-5-17(15)20-18/h6-9H,3-5,10-11,19H2,1-2H3. The highest BCUT2D eigenvalue weighted by molar-refractivity contribution is 7.98. The lowest BCUT2D eigenvalue weighted by atomic mass is 10.1. The Hall–Kier alpha value is -1.32. The van der Waals surface area contributed by atoms with Gasteiger partial charge < -0.3 is 5.73 Å². The third kappa shape index (κ3) is 3.30. The first kappa shape index (κ1) is 14.6. The molecule has 0 atom stereocenters. The lowest BCUT2D eigenvalue weighted by Gasteiger charge is -2.10. The van der Waals surface area contributed by atoms with E-state index in [0.717, 1.165) is 23.6 Å². The number of fused-ring (bicyclic) bond motifs is 1. The number of rotatable bonds is 4. The lowest BCUT2D eigenvalue weighted by molar-refractivity contribution is 0.884. The van der Waals surface area contributed by atoms with Gasteiger partial charge in [0.2, 0.25) is 0 Å². The summed E-state index contributed by atoms with van der Waals surface area (Å²) in [6, 6.07) is 9.01. The minimum absolute atomic E-state index is 0.579. The third-order valence-corrected chi connectivity index (χ3v) is 5.07. The number of hydrogen-bond acceptors (Lipinski definition) is 3. The van der Waals surface area contributed by atoms with E-state index >= 15 is 0 Å². The molecule has 2 nitrogen and oxygen atoms in total. The first-order valence-corrected chi connectivity index (χ1v) is 8.56. The Morgan fingerprint density at radius 3 is 2.57 bits per heavy atom. The van der Waals surface area contributed by atoms with Crippen LogP contribution in [0.3, 0.4) is 0 Å². The van der Waals surface area contributed by atoms with Crippen molar-refractivity contribution in [3.63, 3.8) is 0 Å². The molecule has 0 unspecified atom stereocenters. The van der Waals surface area contributed by atoms with Crippen LogP contribution >= 0.6 is 11.8 Å². The molecule has 1 aliphatic carbocycles. The highest BCUT2D eigenvalue weighted by Crippen LogP contribution is 2.30. The van der Waals surface area contributed by atoms with E-state index in [0.29, 0.717) is 6.54 Å². The van der Waals surface area contributed by atoms with E-state index in [-0.39, 0.29) is 0 Å². The van der Waals surface area contributed by atoms with Gasteiger partial charge in [-0.1, -0.05) is 35.4 Å². The molecule has 2 N–H and O–H groups in total. The van der Waals surface area contributed by atoms with Gasteiger partial charge in [0.15, 0.2) is 0 Å². The highest BCUT2D eigenvalue weighted by Gasteiger charge is 2.16. The van der Waals surface area contributed by atoms with Crippen molar-refractivity contribution >= 4 is 11.8 Å². The van der Waals surface area contributed by atoms with Crippen molar-refractivity contribution in [2.75, 3.05) is 0 Å². The normalized spacial score (nSPS) is 13.5. The number of aromatic nitrogens is 1. The van der Waals surface area contributed by atoms with E-state index in [4.69, 9.17) is 10.7 Å². The quantitative estimate of drug-likeness (QED) is 0.869. The Morgan fingerprint density at radius 1 is 1.10 bits per heavy atom. The van der Waals surface area contributed by atoms with Crippen molar-refractivity contribution < 1.29 is 0 Å². The number of benzene rings is 1. The fourth-order valence-electron chi connectivity index (χ4n) is 3.08. The third-order valence-electron chi connectivity index (χ3n) is 3.97. The van der Waals surface area contributed by atoms with Gasteiger partial charge in [-0.3, -0.25) is 0 Å². The van der Waals surface area contributed by atoms with Gasteiger partial charge in [0.1, 0.15) is 5.03 Å². The Morgan fingerprint density at radius 2 is 1.86 bits per heavy atom. The molecule has 0 bridgehead atoms. The molecule has 0 saturated carbocycles. The summed E-state index contributed by atoms with van der Waals surface area (Å²) < 4.78 is 0. The lowest BCUT2D eigenvalue weighted by Crippen LogP contribution is -2.03. The van der Waals surface area contributed by atoms with Crippen molar-refractivity contribution in [1.82, 2.24) is 4.98 Å². The number of nitrogens with zero attached hydrogens (tertiary/aromatic N) is 1. The SMILES string of the molecule is Cc1cc(C)cc(CSc2nc3c(cc2CN)CCC3)c1. The van der Waals surface area contributed by atoms with Gasteiger partial charge in [-0.2, -0.15) is 0 Å². The topological polar surface area (TPSA) is 38.9 Å². The van der Waals surface area contributed by atoms with Crippen molar-refractivity contribution in [2.24, 2.45) is 5.73 Å². The van der Waals surface area contributed by atoms with Crippen LogP contribution in [0.15, 0.2) is 29.3 Å². The minimum atomic E-state index is 0.579. The minimum Gasteiger partial charge on any atom is -0.326 e. The van der Waals surface area contributed by atoms with E-state index in [1.165, 1.54) is 39.9 Å². The van der Waals surface area contributed by atoms with Crippen molar-refractivity contribution in [3.05, 3.63) is 57.8 Å². The molecule has 1 aliphatic rings. The van der Waals surface area contributed by atoms with Crippen LogP contribution in [0.25, 0.3) is 0 Å². The van der Waals surface area contributed by atoms with E-state index in [2.05, 4.69) is 38.1 Å². The molecule has 1 aromatic heterocycles. The van der Waals surface area contributed by atoms with E-state index < -0.39 is 0 Å². The summed E-state index contributed by atoms with van der Waals surface area (Å²) in [6.45, 7) is 4.88. The number of nitrogens with two attached hydrogens (primary N) is 1. The predicted octanol–water partition coefficient (Wildman–Crippen LogP) is 3.94. The monoisotopic (exact) mass is 298 g/mol. The van der Waals surface area contributed by atoms with Crippen LogP contribution in [-0.4, -0.2) is 4.98 Å². The molecule has 2 aromatic rings. The van der Waals surface area contributed by atoms with E-state index in [1.54, 1.807) is 0 Å². The highest BCUT2D eigenvalue weighted by atomic mass is 32.2. The molecule has 0 saturated heterocycles. The van der Waals surface area contributed by atoms with Crippen LogP contribution in [-0.2, 0) is 25.1 Å². The van der Waals surface area contributed by atoms with E-state index in [9.17, 15) is 0 Å². The summed E-state index contributed by atoms with van der Waals surface area (Å²) in [5.74, 6) is 0.960. The van der Waals surface area contributed by atoms with Crippen LogP contribution in [0, 0.1) is 13.8 Å². The van der Waals surface area contributed by atoms with Gasteiger partial charge >= 0.3 is 0 Å². The zero-order valence-corrected chi connectivity index (χ0v) is 13.6. The fourth-order valence-corrected chi connectivity index (χ4v) is 4.05. The maximum Gasteiger partial charge on any atom is 0.101 e. The molecule has 1 aromatic carbocycles. The summed E-state index contributed by atoms with van der Waals surface area (Å²) in [7, 11) is 0. The zero-order chi connectivity index (χ0) is 14.8. The van der Waals surface area contributed by atoms with Gasteiger partial charge in [0.05, 0.1) is 0 Å². The number of pyridine rings is 1. The molecule has 1 heterocycles. The maximum atomic E-state index is 5.91. The summed E-state index contributed by atoms with van der Waals surface area (Å²) in [5.41, 5.74) is 13.8. The Kier molecular flexibility index (Phi) is 4.32. The molecular weight excluding hydrogens is 276 g/mol. The Bertz CT molecular complexity index is 644. The zero-order valence-electron chi connectivity index (χ0n) is 12.8. The second kappa shape index (κ2) is 6.20. The molecule has 21 heavy (non-hydrogen) atoms. The maximum absolute atomic E-state index is 5.91. The van der Waals surface area contributed by atoms with E-state index in [1.807, 2.05) is 11.8 Å². The van der Waals surface area contributed by atoms with Crippen molar-refractivity contribution in [2.45, 2.75) is 50.4 Å². The van der Waals surface area contributed by atoms with Crippen LogP contribution in [0.4, 0.5) is 0 Å². The summed E-state index contributed by atoms with van der Waals surface area (Å²) in [4.78, 5) is 4.87. The molecule has 0 spiro atoms. The molecular formula is C18H22N2S. The fraction of sp³-hybridized carbons (Fsp3) is 0.389. The molecule has 0 fully saturated rings. The van der Waals surface area contributed by atoms with Crippen LogP contribution in [0.1, 0.15) is 39.9 Å². The largest absolute Gasteiger partial charge is 0.326 e. The Balaban J connectivity index is 1.81. The van der Waals surface area contributed by atoms with Gasteiger partial charge in [-0.05, 0) is 49.8 Å². The number of hydrogen-bond donors (Lipinski definition) is 1. The second-order valence-electron chi connectivity index (χ2n) is 5.90. The summed E-state index contributed by atoms with van der Waals surface area (Å²) >= 11 is 1.82.